The number of aliphatic imine (C=N–C) groups is 1. The first-order chi connectivity index (χ1) is 15.4. The van der Waals surface area contributed by atoms with E-state index < -0.39 is 11.2 Å². The summed E-state index contributed by atoms with van der Waals surface area (Å²) >= 11 is -0.931. The van der Waals surface area contributed by atoms with Crippen LogP contribution in [0, 0.1) is 5.92 Å². The third-order valence-electron chi connectivity index (χ3n) is 5.38. The van der Waals surface area contributed by atoms with Gasteiger partial charge in [0.05, 0.1) is 23.1 Å². The molecular weight excluding hydrogens is 426 g/mol. The third-order valence-corrected chi connectivity index (χ3v) is 6.31. The average Bonchev–Trinajstić information content (AvgIpc) is 3.62. The lowest BCUT2D eigenvalue weighted by Gasteiger charge is -2.15. The van der Waals surface area contributed by atoms with E-state index in [2.05, 4.69) is 15.0 Å². The van der Waals surface area contributed by atoms with Gasteiger partial charge in [-0.2, -0.15) is 4.55 Å². The van der Waals surface area contributed by atoms with Gasteiger partial charge in [0, 0.05) is 62.2 Å². The number of ether oxygens (including phenoxy) is 1. The molecule has 32 heavy (non-hydrogen) atoms. The van der Waals surface area contributed by atoms with Crippen LogP contribution in [0.15, 0.2) is 51.5 Å². The number of pyridine rings is 1. The Hall–Kier alpha value is -3.17. The summed E-state index contributed by atoms with van der Waals surface area (Å²) in [7, 11) is 3.33. The standard InChI is InChI=1S/C23H25N5O3S/c1-25-10-15(9-24)22-26-11-18-21(27-22)19(12-28(2)23(18)29)17-8-16(32(3)30)6-7-20(17)31-13-14-4-5-14/h6-12,14,30H,4-5,13H2,1-3H3,(H-,24,25,26,27,29)/p+1. The van der Waals surface area contributed by atoms with Crippen LogP contribution >= 0.6 is 0 Å². The Morgan fingerprint density at radius 2 is 2.19 bits per heavy atom. The van der Waals surface area contributed by atoms with Crippen LogP contribution in [0.4, 0.5) is 0 Å². The third kappa shape index (κ3) is 4.39. The smallest absolute Gasteiger partial charge is 0.261 e. The predicted molar refractivity (Wildman–Crippen MR) is 129 cm³/mol. The van der Waals surface area contributed by atoms with Crippen molar-refractivity contribution in [1.29, 1.82) is 0 Å². The first-order valence-corrected chi connectivity index (χ1v) is 11.8. The summed E-state index contributed by atoms with van der Waals surface area (Å²) in [6.07, 6.45) is 10.3. The number of rotatable bonds is 7. The lowest BCUT2D eigenvalue weighted by molar-refractivity contribution is 0.301. The van der Waals surface area contributed by atoms with E-state index in [1.165, 1.54) is 29.8 Å². The molecule has 1 aliphatic carbocycles. The number of hydrogen-bond acceptors (Lipinski definition) is 7. The second-order valence-electron chi connectivity index (χ2n) is 7.81. The van der Waals surface area contributed by atoms with E-state index in [0.29, 0.717) is 46.1 Å². The van der Waals surface area contributed by atoms with E-state index in [1.807, 2.05) is 18.2 Å². The molecule has 1 aromatic carbocycles. The summed E-state index contributed by atoms with van der Waals surface area (Å²) in [6.45, 7) is 0.639. The van der Waals surface area contributed by atoms with Gasteiger partial charge in [-0.1, -0.05) is 0 Å². The van der Waals surface area contributed by atoms with Gasteiger partial charge in [0.15, 0.2) is 21.9 Å². The van der Waals surface area contributed by atoms with Crippen molar-refractivity contribution < 1.29 is 9.29 Å². The molecular formula is C23H26N5O3S+. The first kappa shape index (κ1) is 22.0. The zero-order valence-corrected chi connectivity index (χ0v) is 19.1. The van der Waals surface area contributed by atoms with E-state index in [-0.39, 0.29) is 5.56 Å². The first-order valence-electron chi connectivity index (χ1n) is 10.3. The number of allylic oxidation sites excluding steroid dienone is 1. The molecule has 1 saturated carbocycles. The zero-order valence-electron chi connectivity index (χ0n) is 18.3. The van der Waals surface area contributed by atoms with Crippen LogP contribution in [0.25, 0.3) is 27.6 Å². The van der Waals surface area contributed by atoms with Gasteiger partial charge in [-0.25, -0.2) is 9.97 Å². The summed E-state index contributed by atoms with van der Waals surface area (Å²) < 4.78 is 17.9. The second kappa shape index (κ2) is 9.13. The maximum atomic E-state index is 12.8. The molecule has 0 amide bonds. The molecule has 166 valence electrons. The van der Waals surface area contributed by atoms with Gasteiger partial charge in [0.2, 0.25) is 0 Å². The molecule has 3 aromatic rings. The molecule has 3 N–H and O–H groups in total. The highest BCUT2D eigenvalue weighted by Crippen LogP contribution is 2.37. The van der Waals surface area contributed by atoms with Crippen LogP contribution in [0.5, 0.6) is 5.75 Å². The fraction of sp³-hybridized carbons (Fsp3) is 0.304. The molecule has 0 aliphatic heterocycles. The molecule has 1 unspecified atom stereocenters. The summed E-state index contributed by atoms with van der Waals surface area (Å²) in [5.41, 5.74) is 8.06. The van der Waals surface area contributed by atoms with Crippen LogP contribution in [-0.4, -0.2) is 45.2 Å². The molecule has 8 nitrogen and oxygen atoms in total. The Kier molecular flexibility index (Phi) is 6.29. The molecule has 0 saturated heterocycles. The topological polar surface area (TPSA) is 116 Å². The number of hydrogen-bond donors (Lipinski definition) is 2. The summed E-state index contributed by atoms with van der Waals surface area (Å²) in [5, 5.41) is 0.386. The Morgan fingerprint density at radius 3 is 2.84 bits per heavy atom. The van der Waals surface area contributed by atoms with Crippen molar-refractivity contribution in [2.75, 3.05) is 19.9 Å². The van der Waals surface area contributed by atoms with Crippen molar-refractivity contribution in [3.63, 3.8) is 0 Å². The monoisotopic (exact) mass is 452 g/mol. The van der Waals surface area contributed by atoms with E-state index in [0.717, 1.165) is 10.5 Å². The maximum absolute atomic E-state index is 12.8. The van der Waals surface area contributed by atoms with Crippen molar-refractivity contribution in [3.8, 4) is 16.9 Å². The number of nitrogens with zero attached hydrogens (tertiary/aromatic N) is 4. The molecule has 1 aliphatic rings. The van der Waals surface area contributed by atoms with Crippen LogP contribution in [0.1, 0.15) is 18.7 Å². The van der Waals surface area contributed by atoms with Crippen molar-refractivity contribution in [2.24, 2.45) is 23.7 Å². The number of fused-ring (bicyclic) bond motifs is 1. The molecule has 0 spiro atoms. The van der Waals surface area contributed by atoms with Gasteiger partial charge in [0.25, 0.3) is 5.56 Å². The second-order valence-corrected chi connectivity index (χ2v) is 9.24. The van der Waals surface area contributed by atoms with E-state index in [1.54, 1.807) is 32.8 Å². The van der Waals surface area contributed by atoms with Gasteiger partial charge in [-0.3, -0.25) is 9.79 Å². The number of aryl methyl sites for hydroxylation is 1. The summed E-state index contributed by atoms with van der Waals surface area (Å²) in [5.74, 6) is 1.64. The average molecular weight is 453 g/mol. The fourth-order valence-electron chi connectivity index (χ4n) is 3.42. The molecule has 1 fully saturated rings. The van der Waals surface area contributed by atoms with Gasteiger partial charge >= 0.3 is 0 Å². The van der Waals surface area contributed by atoms with Crippen molar-refractivity contribution >= 4 is 33.9 Å². The minimum Gasteiger partial charge on any atom is -0.493 e. The van der Waals surface area contributed by atoms with Crippen LogP contribution < -0.4 is 16.0 Å². The molecule has 2 heterocycles. The molecule has 4 rings (SSSR count). The number of aromatic nitrogens is 3. The van der Waals surface area contributed by atoms with Crippen molar-refractivity contribution in [1.82, 2.24) is 14.5 Å². The molecule has 0 bridgehead atoms. The molecule has 0 radical (unpaired) electrons. The molecule has 9 heteroatoms. The lowest BCUT2D eigenvalue weighted by Crippen LogP contribution is -2.18. The molecule has 1 atom stereocenters. The summed E-state index contributed by atoms with van der Waals surface area (Å²) in [4.78, 5) is 26.6. The van der Waals surface area contributed by atoms with Gasteiger partial charge in [-0.15, -0.1) is 0 Å². The Bertz CT molecular complexity index is 1280. The van der Waals surface area contributed by atoms with Crippen LogP contribution in [0.3, 0.4) is 0 Å². The maximum Gasteiger partial charge on any atom is 0.261 e. The quantitative estimate of drug-likeness (QED) is 0.421. The fourth-order valence-corrected chi connectivity index (χ4v) is 3.97. The zero-order chi connectivity index (χ0) is 22.8. The SMILES string of the molecule is CN=CC(=CN)c1ncc2c(=O)n(C)cc(-c3cc([S+](C)O)ccc3OCC3CC3)c2n1. The highest BCUT2D eigenvalue weighted by atomic mass is 32.2. The number of benzene rings is 1. The van der Waals surface area contributed by atoms with Crippen LogP contribution in [0.2, 0.25) is 0 Å². The largest absolute Gasteiger partial charge is 0.493 e. The van der Waals surface area contributed by atoms with Gasteiger partial charge in [-0.05, 0) is 24.8 Å². The highest BCUT2D eigenvalue weighted by molar-refractivity contribution is 7.90. The molecule has 2 aromatic heterocycles. The Morgan fingerprint density at radius 1 is 1.41 bits per heavy atom. The van der Waals surface area contributed by atoms with Gasteiger partial charge < -0.3 is 15.0 Å². The minimum absolute atomic E-state index is 0.202. The Balaban J connectivity index is 1.97. The predicted octanol–water partition coefficient (Wildman–Crippen LogP) is 2.86. The van der Waals surface area contributed by atoms with Crippen molar-refractivity contribution in [3.05, 3.63) is 53.0 Å². The Labute approximate surface area is 189 Å². The normalized spacial score (nSPS) is 15.4. The van der Waals surface area contributed by atoms with E-state index in [4.69, 9.17) is 10.5 Å². The summed E-state index contributed by atoms with van der Waals surface area (Å²) in [6, 6.07) is 5.65. The highest BCUT2D eigenvalue weighted by Gasteiger charge is 2.25. The van der Waals surface area contributed by atoms with E-state index >= 15 is 0 Å². The lowest BCUT2D eigenvalue weighted by atomic mass is 10.0. The minimum atomic E-state index is -0.931. The van der Waals surface area contributed by atoms with Gasteiger partial charge in [0.1, 0.15) is 12.0 Å². The van der Waals surface area contributed by atoms with Crippen molar-refractivity contribution in [2.45, 2.75) is 17.7 Å². The number of nitrogens with two attached hydrogens (primary N) is 1. The van der Waals surface area contributed by atoms with E-state index in [9.17, 15) is 9.35 Å². The van der Waals surface area contributed by atoms with Crippen LogP contribution in [-0.2, 0) is 18.2 Å².